The fourth-order valence-corrected chi connectivity index (χ4v) is 3.09. The summed E-state index contributed by atoms with van der Waals surface area (Å²) in [6.07, 6.45) is 0.280. The zero-order chi connectivity index (χ0) is 19.9. The van der Waals surface area contributed by atoms with Crippen molar-refractivity contribution in [1.82, 2.24) is 10.2 Å². The van der Waals surface area contributed by atoms with Crippen molar-refractivity contribution in [2.45, 2.75) is 18.9 Å². The Morgan fingerprint density at radius 2 is 1.82 bits per heavy atom. The highest BCUT2D eigenvalue weighted by Gasteiger charge is 2.36. The molecule has 0 aromatic heterocycles. The fourth-order valence-electron chi connectivity index (χ4n) is 3.09. The number of carbonyl (C=O) groups is 3. The Morgan fingerprint density at radius 3 is 2.57 bits per heavy atom. The molecule has 1 aliphatic heterocycles. The van der Waals surface area contributed by atoms with Crippen molar-refractivity contribution in [3.8, 4) is 0 Å². The highest BCUT2D eigenvalue weighted by atomic mass is 19.1. The average molecular weight is 384 g/mol. The van der Waals surface area contributed by atoms with E-state index in [4.69, 9.17) is 4.74 Å². The smallest absolute Gasteiger partial charge is 0.308 e. The highest BCUT2D eigenvalue weighted by Crippen LogP contribution is 2.17. The molecule has 0 saturated carbocycles. The maximum Gasteiger partial charge on any atom is 0.308 e. The van der Waals surface area contributed by atoms with Crippen molar-refractivity contribution < 1.29 is 23.5 Å². The number of nitrogens with one attached hydrogen (secondary N) is 1. The van der Waals surface area contributed by atoms with E-state index in [-0.39, 0.29) is 31.7 Å². The van der Waals surface area contributed by atoms with Crippen molar-refractivity contribution in [1.29, 1.82) is 0 Å². The summed E-state index contributed by atoms with van der Waals surface area (Å²) in [5.41, 5.74) is 0.904. The van der Waals surface area contributed by atoms with Gasteiger partial charge in [0, 0.05) is 19.5 Å². The van der Waals surface area contributed by atoms with Crippen LogP contribution in [0, 0.1) is 5.82 Å². The number of hydrogen-bond donors (Lipinski definition) is 1. The summed E-state index contributed by atoms with van der Waals surface area (Å²) in [4.78, 5) is 38.4. The predicted molar refractivity (Wildman–Crippen MR) is 100.0 cm³/mol. The molecule has 1 saturated heterocycles. The number of carbonyl (C=O) groups excluding carboxylic acids is 3. The Balaban J connectivity index is 1.62. The van der Waals surface area contributed by atoms with E-state index in [1.54, 1.807) is 6.07 Å². The van der Waals surface area contributed by atoms with Gasteiger partial charge in [-0.05, 0) is 17.7 Å². The number of esters is 1. The van der Waals surface area contributed by atoms with Crippen molar-refractivity contribution in [2.75, 3.05) is 19.7 Å². The second-order valence-electron chi connectivity index (χ2n) is 6.45. The molecule has 1 heterocycles. The second kappa shape index (κ2) is 9.12. The lowest BCUT2D eigenvalue weighted by molar-refractivity contribution is -0.147. The highest BCUT2D eigenvalue weighted by molar-refractivity contribution is 5.99. The Bertz CT molecular complexity index is 856. The lowest BCUT2D eigenvalue weighted by Crippen LogP contribution is -2.58. The van der Waals surface area contributed by atoms with Crippen LogP contribution in [-0.2, 0) is 20.7 Å². The number of ether oxygens (including phenoxy) is 1. The normalized spacial score (nSPS) is 16.4. The first-order valence-electron chi connectivity index (χ1n) is 9.09. The Labute approximate surface area is 162 Å². The molecule has 28 heavy (non-hydrogen) atoms. The minimum atomic E-state index is -1.02. The van der Waals surface area contributed by atoms with E-state index in [1.165, 1.54) is 23.1 Å². The molecule has 7 heteroatoms. The van der Waals surface area contributed by atoms with Gasteiger partial charge < -0.3 is 15.0 Å². The molecule has 2 aromatic carbocycles. The minimum Gasteiger partial charge on any atom is -0.465 e. The predicted octanol–water partition coefficient (Wildman–Crippen LogP) is 1.94. The molecule has 1 fully saturated rings. The van der Waals surface area contributed by atoms with Gasteiger partial charge in [-0.15, -0.1) is 0 Å². The molecule has 0 radical (unpaired) electrons. The van der Waals surface area contributed by atoms with Crippen molar-refractivity contribution in [3.05, 3.63) is 71.5 Å². The van der Waals surface area contributed by atoms with Crippen LogP contribution in [0.4, 0.5) is 4.39 Å². The minimum absolute atomic E-state index is 0.125. The van der Waals surface area contributed by atoms with Gasteiger partial charge >= 0.3 is 5.97 Å². The first-order chi connectivity index (χ1) is 13.6. The summed E-state index contributed by atoms with van der Waals surface area (Å²) in [6.45, 7) is 0.623. The quantitative estimate of drug-likeness (QED) is 0.773. The zero-order valence-corrected chi connectivity index (χ0v) is 15.3. The van der Waals surface area contributed by atoms with E-state index in [0.29, 0.717) is 6.42 Å². The van der Waals surface area contributed by atoms with Crippen LogP contribution in [0.15, 0.2) is 54.6 Å². The van der Waals surface area contributed by atoms with Crippen molar-refractivity contribution in [2.24, 2.45) is 0 Å². The maximum absolute atomic E-state index is 14.0. The maximum atomic E-state index is 14.0. The summed E-state index contributed by atoms with van der Waals surface area (Å²) >= 11 is 0. The molecule has 1 unspecified atom stereocenters. The SMILES string of the molecule is O=C(CC1C(=O)NCCN1C(=O)c1ccccc1F)OCCc1ccccc1. The van der Waals surface area contributed by atoms with Gasteiger partial charge in [0.15, 0.2) is 0 Å². The van der Waals surface area contributed by atoms with E-state index >= 15 is 0 Å². The van der Waals surface area contributed by atoms with Gasteiger partial charge in [-0.3, -0.25) is 14.4 Å². The summed E-state index contributed by atoms with van der Waals surface area (Å²) in [6, 6.07) is 14.1. The first-order valence-corrected chi connectivity index (χ1v) is 9.09. The number of piperazine rings is 1. The third-order valence-corrected chi connectivity index (χ3v) is 4.55. The Morgan fingerprint density at radius 1 is 1.11 bits per heavy atom. The standard InChI is InChI=1S/C21H21FN2O4/c22-17-9-5-4-8-16(17)21(27)24-12-11-23-20(26)18(24)14-19(25)28-13-10-15-6-2-1-3-7-15/h1-9,18H,10-14H2,(H,23,26). The topological polar surface area (TPSA) is 75.7 Å². The fraction of sp³-hybridized carbons (Fsp3) is 0.286. The number of nitrogens with zero attached hydrogens (tertiary/aromatic N) is 1. The summed E-state index contributed by atoms with van der Waals surface area (Å²) < 4.78 is 19.2. The lowest BCUT2D eigenvalue weighted by Gasteiger charge is -2.34. The number of halogens is 1. The van der Waals surface area contributed by atoms with E-state index in [2.05, 4.69) is 5.32 Å². The van der Waals surface area contributed by atoms with Crippen LogP contribution in [0.25, 0.3) is 0 Å². The molecular weight excluding hydrogens is 363 g/mol. The van der Waals surface area contributed by atoms with Gasteiger partial charge in [-0.1, -0.05) is 42.5 Å². The molecule has 3 rings (SSSR count). The molecule has 0 spiro atoms. The third kappa shape index (κ3) is 4.73. The van der Waals surface area contributed by atoms with Crippen LogP contribution in [0.3, 0.4) is 0 Å². The number of hydrogen-bond acceptors (Lipinski definition) is 4. The van der Waals surface area contributed by atoms with Crippen molar-refractivity contribution >= 4 is 17.8 Å². The van der Waals surface area contributed by atoms with Crippen LogP contribution in [-0.4, -0.2) is 48.4 Å². The second-order valence-corrected chi connectivity index (χ2v) is 6.45. The molecule has 1 atom stereocenters. The summed E-state index contributed by atoms with van der Waals surface area (Å²) in [7, 11) is 0. The van der Waals surface area contributed by atoms with Crippen molar-refractivity contribution in [3.63, 3.8) is 0 Å². The molecule has 0 bridgehead atoms. The van der Waals surface area contributed by atoms with Crippen LogP contribution in [0.2, 0.25) is 0 Å². The van der Waals surface area contributed by atoms with E-state index in [9.17, 15) is 18.8 Å². The van der Waals surface area contributed by atoms with Gasteiger partial charge in [0.25, 0.3) is 5.91 Å². The van der Waals surface area contributed by atoms with E-state index < -0.39 is 29.6 Å². The number of amides is 2. The van der Waals surface area contributed by atoms with Gasteiger partial charge in [0.2, 0.25) is 5.91 Å². The van der Waals surface area contributed by atoms with E-state index in [1.807, 2.05) is 30.3 Å². The largest absolute Gasteiger partial charge is 0.465 e. The molecule has 146 valence electrons. The van der Waals surface area contributed by atoms with Gasteiger partial charge in [0.1, 0.15) is 11.9 Å². The monoisotopic (exact) mass is 384 g/mol. The molecular formula is C21H21FN2O4. The van der Waals surface area contributed by atoms with Crippen LogP contribution >= 0.6 is 0 Å². The Kier molecular flexibility index (Phi) is 6.37. The lowest BCUT2D eigenvalue weighted by atomic mass is 10.1. The molecule has 0 aliphatic carbocycles. The molecule has 2 amide bonds. The number of benzene rings is 2. The number of rotatable bonds is 6. The third-order valence-electron chi connectivity index (χ3n) is 4.55. The summed E-state index contributed by atoms with van der Waals surface area (Å²) in [5, 5.41) is 2.64. The molecule has 1 N–H and O–H groups in total. The average Bonchev–Trinajstić information content (AvgIpc) is 2.70. The van der Waals surface area contributed by atoms with Crippen LogP contribution in [0.5, 0.6) is 0 Å². The van der Waals surface area contributed by atoms with Gasteiger partial charge in [-0.2, -0.15) is 0 Å². The van der Waals surface area contributed by atoms with Gasteiger partial charge in [-0.25, -0.2) is 4.39 Å². The molecule has 6 nitrogen and oxygen atoms in total. The Hall–Kier alpha value is -3.22. The van der Waals surface area contributed by atoms with E-state index in [0.717, 1.165) is 5.56 Å². The first kappa shape index (κ1) is 19.5. The molecule has 2 aromatic rings. The van der Waals surface area contributed by atoms with Crippen LogP contribution < -0.4 is 5.32 Å². The zero-order valence-electron chi connectivity index (χ0n) is 15.3. The molecule has 1 aliphatic rings. The van der Waals surface area contributed by atoms with Crippen LogP contribution in [0.1, 0.15) is 22.3 Å². The summed E-state index contributed by atoms with van der Waals surface area (Å²) in [5.74, 6) is -2.31. The van der Waals surface area contributed by atoms with Gasteiger partial charge in [0.05, 0.1) is 18.6 Å².